The molecule has 0 aromatic heterocycles. The highest BCUT2D eigenvalue weighted by Gasteiger charge is 2.35. The number of carbonyl (C=O) groups is 2. The van der Waals surface area contributed by atoms with Gasteiger partial charge in [0.2, 0.25) is 11.8 Å². The molecule has 0 saturated carbocycles. The van der Waals surface area contributed by atoms with Crippen LogP contribution in [0.5, 0.6) is 0 Å². The lowest BCUT2D eigenvalue weighted by Gasteiger charge is -2.35. The Hall–Kier alpha value is -3.40. The fourth-order valence-corrected chi connectivity index (χ4v) is 5.64. The molecule has 10 heteroatoms. The van der Waals surface area contributed by atoms with E-state index in [2.05, 4.69) is 5.32 Å². The predicted octanol–water partition coefficient (Wildman–Crippen LogP) is 4.74. The number of hydrogen-bond donors (Lipinski definition) is 1. The van der Waals surface area contributed by atoms with Gasteiger partial charge in [0.25, 0.3) is 0 Å². The monoisotopic (exact) mass is 598 g/mol. The molecule has 0 aliphatic heterocycles. The molecule has 8 nitrogen and oxygen atoms in total. The van der Waals surface area contributed by atoms with Crippen LogP contribution in [-0.4, -0.2) is 62.7 Å². The highest BCUT2D eigenvalue weighted by atomic mass is 35.5. The summed E-state index contributed by atoms with van der Waals surface area (Å²) in [4.78, 5) is 29.3. The molecule has 220 valence electrons. The zero-order valence-corrected chi connectivity index (χ0v) is 25.9. The lowest BCUT2D eigenvalue weighted by atomic mass is 10.0. The molecular weight excluding hydrogens is 560 g/mol. The van der Waals surface area contributed by atoms with Gasteiger partial charge in [0, 0.05) is 38.6 Å². The fraction of sp³-hybridized carbons (Fsp3) is 0.355. The number of carbonyl (C=O) groups excluding carboxylic acids is 2. The van der Waals surface area contributed by atoms with Crippen molar-refractivity contribution in [1.29, 1.82) is 0 Å². The van der Waals surface area contributed by atoms with Gasteiger partial charge in [-0.2, -0.15) is 12.7 Å². The van der Waals surface area contributed by atoms with E-state index in [1.54, 1.807) is 37.3 Å². The van der Waals surface area contributed by atoms with E-state index in [1.165, 1.54) is 19.0 Å². The standard InChI is InChI=1S/C31H39ClN4O4S/c1-6-18-33-31(38)29(20-25-10-8-7-9-11-25)35(21-26-14-16-27(32)17-15-26)30(37)22-36(41(39,40)34(4)5)28-19-23(2)12-13-24(28)3/h7-17,19,29H,6,18,20-22H2,1-5H3,(H,33,38)/t29-/m0/s1. The largest absolute Gasteiger partial charge is 0.354 e. The SMILES string of the molecule is CCCNC(=O)[C@H](Cc1ccccc1)N(Cc1ccc(Cl)cc1)C(=O)CN(c1cc(C)ccc1C)S(=O)(=O)N(C)C. The number of benzene rings is 3. The maximum absolute atomic E-state index is 14.3. The molecular formula is C31H39ClN4O4S. The number of nitrogens with zero attached hydrogens (tertiary/aromatic N) is 3. The van der Waals surface area contributed by atoms with E-state index < -0.39 is 28.7 Å². The smallest absolute Gasteiger partial charge is 0.304 e. The molecule has 0 aliphatic carbocycles. The Morgan fingerprint density at radius 1 is 0.927 bits per heavy atom. The van der Waals surface area contributed by atoms with Crippen LogP contribution in [0.2, 0.25) is 5.02 Å². The lowest BCUT2D eigenvalue weighted by Crippen LogP contribution is -2.54. The Morgan fingerprint density at radius 3 is 2.20 bits per heavy atom. The van der Waals surface area contributed by atoms with Crippen LogP contribution in [0.3, 0.4) is 0 Å². The summed E-state index contributed by atoms with van der Waals surface area (Å²) in [6, 6.07) is 21.1. The summed E-state index contributed by atoms with van der Waals surface area (Å²) in [6.45, 7) is 5.69. The number of hydrogen-bond acceptors (Lipinski definition) is 4. The highest BCUT2D eigenvalue weighted by Crippen LogP contribution is 2.26. The van der Waals surface area contributed by atoms with Crippen LogP contribution < -0.4 is 9.62 Å². The number of rotatable bonds is 13. The van der Waals surface area contributed by atoms with Gasteiger partial charge < -0.3 is 10.2 Å². The van der Waals surface area contributed by atoms with Crippen molar-refractivity contribution in [2.75, 3.05) is 31.5 Å². The molecule has 1 atom stereocenters. The molecule has 0 heterocycles. The first-order chi connectivity index (χ1) is 19.4. The van der Waals surface area contributed by atoms with Gasteiger partial charge in [-0.3, -0.25) is 9.59 Å². The van der Waals surface area contributed by atoms with Gasteiger partial charge >= 0.3 is 10.2 Å². The maximum Gasteiger partial charge on any atom is 0.304 e. The minimum Gasteiger partial charge on any atom is -0.354 e. The van der Waals surface area contributed by atoms with Gasteiger partial charge in [-0.15, -0.1) is 0 Å². The van der Waals surface area contributed by atoms with Crippen LogP contribution in [0.15, 0.2) is 72.8 Å². The summed E-state index contributed by atoms with van der Waals surface area (Å²) < 4.78 is 29.3. The Kier molecular flexibility index (Phi) is 11.3. The molecule has 0 aliphatic rings. The zero-order valence-electron chi connectivity index (χ0n) is 24.3. The Balaban J connectivity index is 2.11. The number of halogens is 1. The predicted molar refractivity (Wildman–Crippen MR) is 165 cm³/mol. The van der Waals surface area contributed by atoms with Crippen molar-refractivity contribution in [2.24, 2.45) is 0 Å². The van der Waals surface area contributed by atoms with Crippen LogP contribution in [0.25, 0.3) is 0 Å². The number of amides is 2. The van der Waals surface area contributed by atoms with Gasteiger partial charge in [0.1, 0.15) is 12.6 Å². The van der Waals surface area contributed by atoms with Crippen LogP contribution in [0.4, 0.5) is 5.69 Å². The highest BCUT2D eigenvalue weighted by molar-refractivity contribution is 7.90. The third-order valence-corrected chi connectivity index (χ3v) is 8.80. The van der Waals surface area contributed by atoms with Gasteiger partial charge in [0.05, 0.1) is 5.69 Å². The van der Waals surface area contributed by atoms with Crippen molar-refractivity contribution >= 4 is 39.3 Å². The molecule has 41 heavy (non-hydrogen) atoms. The molecule has 0 saturated heterocycles. The van der Waals surface area contributed by atoms with Gasteiger partial charge in [-0.1, -0.05) is 73.1 Å². The minimum atomic E-state index is -4.06. The summed E-state index contributed by atoms with van der Waals surface area (Å²) in [7, 11) is -1.20. The van der Waals surface area contributed by atoms with E-state index in [4.69, 9.17) is 11.6 Å². The second-order valence-corrected chi connectivity index (χ2v) is 12.7. The van der Waals surface area contributed by atoms with E-state index in [9.17, 15) is 18.0 Å². The summed E-state index contributed by atoms with van der Waals surface area (Å²) >= 11 is 6.11. The Labute approximate surface area is 249 Å². The molecule has 3 aromatic carbocycles. The average Bonchev–Trinajstić information content (AvgIpc) is 2.95. The van der Waals surface area contributed by atoms with Crippen molar-refractivity contribution < 1.29 is 18.0 Å². The lowest BCUT2D eigenvalue weighted by molar-refractivity contribution is -0.140. The van der Waals surface area contributed by atoms with E-state index in [1.807, 2.05) is 56.3 Å². The Bertz CT molecular complexity index is 1430. The minimum absolute atomic E-state index is 0.0930. The van der Waals surface area contributed by atoms with Crippen molar-refractivity contribution in [3.8, 4) is 0 Å². The molecule has 0 radical (unpaired) electrons. The van der Waals surface area contributed by atoms with Crippen LogP contribution in [0.1, 0.15) is 35.6 Å². The van der Waals surface area contributed by atoms with E-state index in [0.717, 1.165) is 31.7 Å². The Morgan fingerprint density at radius 2 is 1.59 bits per heavy atom. The summed E-state index contributed by atoms with van der Waals surface area (Å²) in [5.74, 6) is -0.800. The van der Waals surface area contributed by atoms with Crippen molar-refractivity contribution in [3.63, 3.8) is 0 Å². The quantitative estimate of drug-likeness (QED) is 0.308. The first kappa shape index (κ1) is 32.1. The average molecular weight is 599 g/mol. The summed E-state index contributed by atoms with van der Waals surface area (Å²) in [6.07, 6.45) is 0.996. The van der Waals surface area contributed by atoms with E-state index >= 15 is 0 Å². The van der Waals surface area contributed by atoms with Crippen LogP contribution in [-0.2, 0) is 32.8 Å². The first-order valence-corrected chi connectivity index (χ1v) is 15.3. The summed E-state index contributed by atoms with van der Waals surface area (Å²) in [5, 5.41) is 3.49. The second kappa shape index (κ2) is 14.5. The topological polar surface area (TPSA) is 90.0 Å². The van der Waals surface area contributed by atoms with Crippen molar-refractivity contribution in [1.82, 2.24) is 14.5 Å². The zero-order chi connectivity index (χ0) is 30.2. The molecule has 0 unspecified atom stereocenters. The van der Waals surface area contributed by atoms with Gasteiger partial charge in [0.15, 0.2) is 0 Å². The van der Waals surface area contributed by atoms with E-state index in [-0.39, 0.29) is 18.9 Å². The number of aryl methyl sites for hydroxylation is 2. The molecule has 3 aromatic rings. The fourth-order valence-electron chi connectivity index (χ4n) is 4.40. The molecule has 3 rings (SSSR count). The third-order valence-electron chi connectivity index (χ3n) is 6.74. The molecule has 0 fully saturated rings. The second-order valence-electron chi connectivity index (χ2n) is 10.2. The third kappa shape index (κ3) is 8.55. The first-order valence-electron chi connectivity index (χ1n) is 13.6. The normalized spacial score (nSPS) is 12.2. The molecule has 0 spiro atoms. The molecule has 1 N–H and O–H groups in total. The number of nitrogens with one attached hydrogen (secondary N) is 1. The molecule has 2 amide bonds. The van der Waals surface area contributed by atoms with Crippen molar-refractivity contribution in [2.45, 2.75) is 46.2 Å². The van der Waals surface area contributed by atoms with Crippen molar-refractivity contribution in [3.05, 3.63) is 100 Å². The van der Waals surface area contributed by atoms with Gasteiger partial charge in [-0.05, 0) is 60.7 Å². The van der Waals surface area contributed by atoms with Crippen LogP contribution in [0, 0.1) is 13.8 Å². The molecule has 0 bridgehead atoms. The maximum atomic E-state index is 14.3. The van der Waals surface area contributed by atoms with E-state index in [0.29, 0.717) is 22.8 Å². The van der Waals surface area contributed by atoms with Crippen LogP contribution >= 0.6 is 11.6 Å². The summed E-state index contributed by atoms with van der Waals surface area (Å²) in [5.41, 5.74) is 3.62. The number of anilines is 1. The van der Waals surface area contributed by atoms with Gasteiger partial charge in [-0.25, -0.2) is 4.31 Å².